The van der Waals surface area contributed by atoms with E-state index in [1.165, 1.54) is 23.5 Å². The Hall–Kier alpha value is -2.52. The zero-order chi connectivity index (χ0) is 19.7. The van der Waals surface area contributed by atoms with Gasteiger partial charge in [-0.05, 0) is 29.8 Å². The number of thiazole rings is 1. The predicted octanol–water partition coefficient (Wildman–Crippen LogP) is 4.22. The third kappa shape index (κ3) is 4.15. The first-order valence-corrected chi connectivity index (χ1v) is 9.64. The fourth-order valence-electron chi connectivity index (χ4n) is 3.41. The number of nitrogens with zero attached hydrogens (tertiary/aromatic N) is 3. The Bertz CT molecular complexity index is 968. The molecule has 0 saturated carbocycles. The molecule has 0 amide bonds. The molecule has 0 atom stereocenters. The highest BCUT2D eigenvalue weighted by Crippen LogP contribution is 2.36. The van der Waals surface area contributed by atoms with Crippen LogP contribution in [-0.4, -0.2) is 47.5 Å². The number of phenolic OH excluding ortho intramolecular Hbond substituents is 1. The number of phenols is 1. The van der Waals surface area contributed by atoms with Gasteiger partial charge in [-0.25, -0.2) is 4.98 Å². The standard InChI is InChI=1S/C19H18F3N3O2S/c20-19(21,22)27-14-3-1-2-13(10-14)11-24-6-8-25(9-7-24)15-4-5-16-17(18(15)26)23-12-28-16/h1-5,10,12,26H,6-9,11H2. The number of piperazine rings is 1. The van der Waals surface area contributed by atoms with Crippen LogP contribution in [0.4, 0.5) is 18.9 Å². The SMILES string of the molecule is Oc1c(N2CCN(Cc3cccc(OC(F)(F)F)c3)CC2)ccc2scnc12. The molecule has 1 aliphatic heterocycles. The molecule has 5 nitrogen and oxygen atoms in total. The van der Waals surface area contributed by atoms with Crippen molar-refractivity contribution >= 4 is 27.2 Å². The van der Waals surface area contributed by atoms with Gasteiger partial charge in [-0.1, -0.05) is 12.1 Å². The molecule has 0 spiro atoms. The molecule has 0 bridgehead atoms. The highest BCUT2D eigenvalue weighted by atomic mass is 32.1. The van der Waals surface area contributed by atoms with Gasteiger partial charge in [-0.15, -0.1) is 24.5 Å². The highest BCUT2D eigenvalue weighted by Gasteiger charge is 2.31. The van der Waals surface area contributed by atoms with E-state index in [-0.39, 0.29) is 11.5 Å². The minimum Gasteiger partial charge on any atom is -0.504 e. The molecule has 1 aliphatic rings. The van der Waals surface area contributed by atoms with Gasteiger partial charge in [0.1, 0.15) is 11.3 Å². The molecule has 0 unspecified atom stereocenters. The Morgan fingerprint density at radius 3 is 2.64 bits per heavy atom. The zero-order valence-corrected chi connectivity index (χ0v) is 15.6. The largest absolute Gasteiger partial charge is 0.573 e. The van der Waals surface area contributed by atoms with Gasteiger partial charge in [-0.2, -0.15) is 0 Å². The van der Waals surface area contributed by atoms with Crippen molar-refractivity contribution < 1.29 is 23.0 Å². The third-order valence-corrected chi connectivity index (χ3v) is 5.50. The number of aromatic hydroxyl groups is 1. The van der Waals surface area contributed by atoms with Crippen molar-refractivity contribution in [3.05, 3.63) is 47.5 Å². The van der Waals surface area contributed by atoms with Gasteiger partial charge in [0, 0.05) is 32.7 Å². The molecule has 148 valence electrons. The van der Waals surface area contributed by atoms with Crippen LogP contribution >= 0.6 is 11.3 Å². The summed E-state index contributed by atoms with van der Waals surface area (Å²) in [5.41, 5.74) is 3.86. The molecule has 28 heavy (non-hydrogen) atoms. The van der Waals surface area contributed by atoms with Crippen molar-refractivity contribution in [3.63, 3.8) is 0 Å². The number of halogens is 3. The molecule has 2 aromatic carbocycles. The number of benzene rings is 2. The van der Waals surface area contributed by atoms with Crippen LogP contribution in [0.15, 0.2) is 41.9 Å². The second-order valence-corrected chi connectivity index (χ2v) is 7.48. The lowest BCUT2D eigenvalue weighted by Gasteiger charge is -2.36. The summed E-state index contributed by atoms with van der Waals surface area (Å²) in [7, 11) is 0. The summed E-state index contributed by atoms with van der Waals surface area (Å²) in [6, 6.07) is 9.93. The number of rotatable bonds is 4. The van der Waals surface area contributed by atoms with E-state index >= 15 is 0 Å². The summed E-state index contributed by atoms with van der Waals surface area (Å²) in [5.74, 6) is -0.00526. The van der Waals surface area contributed by atoms with Crippen LogP contribution in [0.1, 0.15) is 5.56 Å². The molecular weight excluding hydrogens is 391 g/mol. The first-order valence-electron chi connectivity index (χ1n) is 8.76. The van der Waals surface area contributed by atoms with Gasteiger partial charge < -0.3 is 14.7 Å². The maximum atomic E-state index is 12.4. The number of alkyl halides is 3. The third-order valence-electron chi connectivity index (χ3n) is 4.71. The molecule has 0 aliphatic carbocycles. The number of aromatic nitrogens is 1. The number of fused-ring (bicyclic) bond motifs is 1. The Balaban J connectivity index is 1.39. The number of hydrogen-bond donors (Lipinski definition) is 1. The molecule has 9 heteroatoms. The van der Waals surface area contributed by atoms with Crippen molar-refractivity contribution in [2.45, 2.75) is 12.9 Å². The number of ether oxygens (including phenoxy) is 1. The summed E-state index contributed by atoms with van der Waals surface area (Å²) in [6.07, 6.45) is -4.69. The maximum Gasteiger partial charge on any atom is 0.573 e. The van der Waals surface area contributed by atoms with E-state index < -0.39 is 6.36 Å². The van der Waals surface area contributed by atoms with Gasteiger partial charge in [0.25, 0.3) is 0 Å². The van der Waals surface area contributed by atoms with Gasteiger partial charge in [-0.3, -0.25) is 4.90 Å². The lowest BCUT2D eigenvalue weighted by Crippen LogP contribution is -2.46. The van der Waals surface area contributed by atoms with Gasteiger partial charge in [0.05, 0.1) is 15.9 Å². The van der Waals surface area contributed by atoms with Crippen molar-refractivity contribution in [2.75, 3.05) is 31.1 Å². The Labute approximate surface area is 163 Å². The Kier molecular flexibility index (Phi) is 5.03. The molecule has 2 heterocycles. The van der Waals surface area contributed by atoms with Crippen LogP contribution < -0.4 is 9.64 Å². The van der Waals surface area contributed by atoms with Crippen LogP contribution in [0, 0.1) is 0 Å². The fraction of sp³-hybridized carbons (Fsp3) is 0.316. The van der Waals surface area contributed by atoms with E-state index in [9.17, 15) is 18.3 Å². The van der Waals surface area contributed by atoms with Crippen LogP contribution in [-0.2, 0) is 6.54 Å². The zero-order valence-electron chi connectivity index (χ0n) is 14.8. The lowest BCUT2D eigenvalue weighted by atomic mass is 10.1. The van der Waals surface area contributed by atoms with E-state index in [1.807, 2.05) is 12.1 Å². The smallest absolute Gasteiger partial charge is 0.504 e. The average Bonchev–Trinajstić information content (AvgIpc) is 3.12. The maximum absolute atomic E-state index is 12.4. The molecule has 1 aromatic heterocycles. The molecule has 1 N–H and O–H groups in total. The van der Waals surface area contributed by atoms with E-state index in [0.29, 0.717) is 25.2 Å². The van der Waals surface area contributed by atoms with Gasteiger partial charge in [0.2, 0.25) is 0 Å². The number of hydrogen-bond acceptors (Lipinski definition) is 6. The van der Waals surface area contributed by atoms with Crippen LogP contribution in [0.3, 0.4) is 0 Å². The molecule has 0 radical (unpaired) electrons. The normalized spacial score (nSPS) is 15.9. The minimum atomic E-state index is -4.69. The highest BCUT2D eigenvalue weighted by molar-refractivity contribution is 7.16. The predicted molar refractivity (Wildman–Crippen MR) is 102 cm³/mol. The van der Waals surface area contributed by atoms with Crippen LogP contribution in [0.5, 0.6) is 11.5 Å². The molecule has 3 aromatic rings. The van der Waals surface area contributed by atoms with Crippen LogP contribution in [0.25, 0.3) is 10.2 Å². The first-order chi connectivity index (χ1) is 13.4. The Morgan fingerprint density at radius 2 is 1.89 bits per heavy atom. The molecule has 4 rings (SSSR count). The first kappa shape index (κ1) is 18.8. The molecule has 1 saturated heterocycles. The van der Waals surface area contributed by atoms with E-state index in [4.69, 9.17) is 0 Å². The summed E-state index contributed by atoms with van der Waals surface area (Å²) < 4.78 is 42.1. The Morgan fingerprint density at radius 1 is 1.11 bits per heavy atom. The molecule has 1 fully saturated rings. The minimum absolute atomic E-state index is 0.198. The quantitative estimate of drug-likeness (QED) is 0.699. The van der Waals surface area contributed by atoms with E-state index in [2.05, 4.69) is 19.5 Å². The van der Waals surface area contributed by atoms with E-state index in [1.54, 1.807) is 17.6 Å². The molecular formula is C19H18F3N3O2S. The summed E-state index contributed by atoms with van der Waals surface area (Å²) in [6.45, 7) is 3.43. The lowest BCUT2D eigenvalue weighted by molar-refractivity contribution is -0.274. The fourth-order valence-corrected chi connectivity index (χ4v) is 4.09. The summed E-state index contributed by atoms with van der Waals surface area (Å²) in [4.78, 5) is 8.49. The number of anilines is 1. The summed E-state index contributed by atoms with van der Waals surface area (Å²) in [5, 5.41) is 10.5. The summed E-state index contributed by atoms with van der Waals surface area (Å²) >= 11 is 1.48. The second kappa shape index (κ2) is 7.48. The van der Waals surface area contributed by atoms with Gasteiger partial charge in [0.15, 0.2) is 5.75 Å². The average molecular weight is 409 g/mol. The van der Waals surface area contributed by atoms with Crippen molar-refractivity contribution in [1.82, 2.24) is 9.88 Å². The monoisotopic (exact) mass is 409 g/mol. The van der Waals surface area contributed by atoms with Crippen molar-refractivity contribution in [3.8, 4) is 11.5 Å². The van der Waals surface area contributed by atoms with E-state index in [0.717, 1.165) is 29.0 Å². The van der Waals surface area contributed by atoms with Gasteiger partial charge >= 0.3 is 6.36 Å². The topological polar surface area (TPSA) is 48.8 Å². The van der Waals surface area contributed by atoms with Crippen molar-refractivity contribution in [1.29, 1.82) is 0 Å². The second-order valence-electron chi connectivity index (χ2n) is 6.59. The van der Waals surface area contributed by atoms with Crippen LogP contribution in [0.2, 0.25) is 0 Å². The van der Waals surface area contributed by atoms with Crippen molar-refractivity contribution in [2.24, 2.45) is 0 Å².